The minimum absolute atomic E-state index is 0.0684. The van der Waals surface area contributed by atoms with Crippen LogP contribution in [0.5, 0.6) is 0 Å². The molecular formula is C17H21N3O3. The predicted molar refractivity (Wildman–Crippen MR) is 86.8 cm³/mol. The highest BCUT2D eigenvalue weighted by Crippen LogP contribution is 2.19. The molecule has 122 valence electrons. The Kier molecular flexibility index (Phi) is 5.62. The molecule has 0 saturated carbocycles. The van der Waals surface area contributed by atoms with Gasteiger partial charge < -0.3 is 10.6 Å². The molecule has 1 heterocycles. The van der Waals surface area contributed by atoms with E-state index in [0.717, 1.165) is 5.56 Å². The summed E-state index contributed by atoms with van der Waals surface area (Å²) < 4.78 is 0. The third-order valence-electron chi connectivity index (χ3n) is 3.86. The Morgan fingerprint density at radius 2 is 2.00 bits per heavy atom. The lowest BCUT2D eigenvalue weighted by Gasteiger charge is -2.18. The smallest absolute Gasteiger partial charge is 0.259 e. The zero-order valence-electron chi connectivity index (χ0n) is 13.3. The van der Waals surface area contributed by atoms with E-state index in [1.165, 1.54) is 6.92 Å². The van der Waals surface area contributed by atoms with Crippen molar-refractivity contribution in [3.8, 4) is 0 Å². The number of amides is 3. The van der Waals surface area contributed by atoms with E-state index in [9.17, 15) is 14.4 Å². The minimum atomic E-state index is -0.740. The Balaban J connectivity index is 1.88. The monoisotopic (exact) mass is 315 g/mol. The molecule has 0 spiro atoms. The predicted octanol–water partition coefficient (Wildman–Crippen LogP) is 1.38. The van der Waals surface area contributed by atoms with Crippen molar-refractivity contribution in [1.29, 1.82) is 0 Å². The summed E-state index contributed by atoms with van der Waals surface area (Å²) in [6, 6.07) is 9.59. The van der Waals surface area contributed by atoms with Crippen LogP contribution in [0.3, 0.4) is 0 Å². The van der Waals surface area contributed by atoms with Crippen molar-refractivity contribution in [2.24, 2.45) is 10.9 Å². The van der Waals surface area contributed by atoms with Gasteiger partial charge in [0.05, 0.1) is 5.92 Å². The summed E-state index contributed by atoms with van der Waals surface area (Å²) in [7, 11) is 0. The summed E-state index contributed by atoms with van der Waals surface area (Å²) in [5.41, 5.74) is 0.972. The van der Waals surface area contributed by atoms with Gasteiger partial charge in [-0.15, -0.1) is 0 Å². The molecular weight excluding hydrogens is 294 g/mol. The number of hydrogen-bond acceptors (Lipinski definition) is 3. The van der Waals surface area contributed by atoms with Gasteiger partial charge in [0.1, 0.15) is 11.8 Å². The normalized spacial score (nSPS) is 18.9. The SMILES string of the molecule is CCC(C(=O)NCCC1=NC(=O)C(C)C(=O)N1)c1ccccc1. The van der Waals surface area contributed by atoms with E-state index in [0.29, 0.717) is 25.2 Å². The van der Waals surface area contributed by atoms with Crippen molar-refractivity contribution < 1.29 is 14.4 Å². The second-order valence-electron chi connectivity index (χ2n) is 5.52. The van der Waals surface area contributed by atoms with E-state index in [1.54, 1.807) is 0 Å². The fourth-order valence-corrected chi connectivity index (χ4v) is 2.42. The Labute approximate surface area is 135 Å². The highest BCUT2D eigenvalue weighted by Gasteiger charge is 2.27. The molecule has 1 aromatic rings. The maximum Gasteiger partial charge on any atom is 0.259 e. The first-order valence-electron chi connectivity index (χ1n) is 7.77. The van der Waals surface area contributed by atoms with Crippen LogP contribution >= 0.6 is 0 Å². The van der Waals surface area contributed by atoms with Crippen LogP contribution in [0.25, 0.3) is 0 Å². The molecule has 23 heavy (non-hydrogen) atoms. The van der Waals surface area contributed by atoms with Crippen molar-refractivity contribution in [3.05, 3.63) is 35.9 Å². The highest BCUT2D eigenvalue weighted by atomic mass is 16.2. The zero-order valence-corrected chi connectivity index (χ0v) is 13.3. The quantitative estimate of drug-likeness (QED) is 0.777. The first kappa shape index (κ1) is 16.9. The van der Waals surface area contributed by atoms with Gasteiger partial charge in [0.25, 0.3) is 5.91 Å². The fraction of sp³-hybridized carbons (Fsp3) is 0.412. The Hall–Kier alpha value is -2.50. The summed E-state index contributed by atoms with van der Waals surface area (Å²) in [5, 5.41) is 5.42. The van der Waals surface area contributed by atoms with Gasteiger partial charge in [-0.1, -0.05) is 37.3 Å². The molecule has 3 amide bonds. The van der Waals surface area contributed by atoms with Gasteiger partial charge in [0.15, 0.2) is 0 Å². The third-order valence-corrected chi connectivity index (χ3v) is 3.86. The van der Waals surface area contributed by atoms with E-state index in [-0.39, 0.29) is 17.7 Å². The lowest BCUT2D eigenvalue weighted by Crippen LogP contribution is -2.44. The van der Waals surface area contributed by atoms with Crippen LogP contribution in [0, 0.1) is 5.92 Å². The fourth-order valence-electron chi connectivity index (χ4n) is 2.42. The average molecular weight is 315 g/mol. The van der Waals surface area contributed by atoms with E-state index in [1.807, 2.05) is 37.3 Å². The number of nitrogens with one attached hydrogen (secondary N) is 2. The molecule has 0 radical (unpaired) electrons. The summed E-state index contributed by atoms with van der Waals surface area (Å²) in [6.07, 6.45) is 1.02. The van der Waals surface area contributed by atoms with Crippen molar-refractivity contribution >= 4 is 23.6 Å². The molecule has 0 saturated heterocycles. The summed E-state index contributed by atoms with van der Waals surface area (Å²) in [6.45, 7) is 3.80. The highest BCUT2D eigenvalue weighted by molar-refractivity contribution is 6.15. The molecule has 0 bridgehead atoms. The molecule has 2 atom stereocenters. The second kappa shape index (κ2) is 7.67. The van der Waals surface area contributed by atoms with Gasteiger partial charge in [0, 0.05) is 13.0 Å². The average Bonchev–Trinajstić information content (AvgIpc) is 2.54. The van der Waals surface area contributed by atoms with Crippen LogP contribution in [0.4, 0.5) is 0 Å². The maximum atomic E-state index is 12.3. The van der Waals surface area contributed by atoms with Crippen molar-refractivity contribution in [3.63, 3.8) is 0 Å². The van der Waals surface area contributed by atoms with Crippen molar-refractivity contribution in [1.82, 2.24) is 10.6 Å². The zero-order chi connectivity index (χ0) is 16.8. The van der Waals surface area contributed by atoms with Crippen LogP contribution in [0.2, 0.25) is 0 Å². The van der Waals surface area contributed by atoms with Gasteiger partial charge in [-0.25, -0.2) is 0 Å². The molecule has 1 aliphatic heterocycles. The minimum Gasteiger partial charge on any atom is -0.355 e. The molecule has 0 aromatic heterocycles. The van der Waals surface area contributed by atoms with Crippen LogP contribution in [0.1, 0.15) is 38.2 Å². The lowest BCUT2D eigenvalue weighted by atomic mass is 9.95. The molecule has 1 aromatic carbocycles. The summed E-state index contributed by atoms with van der Waals surface area (Å²) >= 11 is 0. The summed E-state index contributed by atoms with van der Waals surface area (Å²) in [4.78, 5) is 39.2. The van der Waals surface area contributed by atoms with E-state index < -0.39 is 11.8 Å². The Morgan fingerprint density at radius 3 is 2.61 bits per heavy atom. The van der Waals surface area contributed by atoms with Gasteiger partial charge in [-0.3, -0.25) is 14.4 Å². The number of rotatable bonds is 6. The lowest BCUT2D eigenvalue weighted by molar-refractivity contribution is -0.132. The molecule has 1 aliphatic rings. The third kappa shape index (κ3) is 4.25. The van der Waals surface area contributed by atoms with Crippen molar-refractivity contribution in [2.45, 2.75) is 32.6 Å². The van der Waals surface area contributed by atoms with Gasteiger partial charge >= 0.3 is 0 Å². The number of carbonyl (C=O) groups is 3. The van der Waals surface area contributed by atoms with Crippen LogP contribution in [-0.4, -0.2) is 30.1 Å². The van der Waals surface area contributed by atoms with Gasteiger partial charge in [-0.2, -0.15) is 4.99 Å². The number of carbonyl (C=O) groups excluding carboxylic acids is 3. The largest absolute Gasteiger partial charge is 0.355 e. The number of benzene rings is 1. The van der Waals surface area contributed by atoms with E-state index in [4.69, 9.17) is 0 Å². The number of aliphatic imine (C=N–C) groups is 1. The second-order valence-corrected chi connectivity index (χ2v) is 5.52. The van der Waals surface area contributed by atoms with E-state index >= 15 is 0 Å². The Morgan fingerprint density at radius 1 is 1.30 bits per heavy atom. The number of nitrogens with zero attached hydrogens (tertiary/aromatic N) is 1. The van der Waals surface area contributed by atoms with E-state index in [2.05, 4.69) is 15.6 Å². The number of hydrogen-bond donors (Lipinski definition) is 2. The molecule has 2 unspecified atom stereocenters. The molecule has 2 N–H and O–H groups in total. The topological polar surface area (TPSA) is 87.6 Å². The van der Waals surface area contributed by atoms with Gasteiger partial charge in [-0.05, 0) is 18.9 Å². The molecule has 2 rings (SSSR count). The van der Waals surface area contributed by atoms with Crippen LogP contribution in [-0.2, 0) is 14.4 Å². The molecule has 6 heteroatoms. The van der Waals surface area contributed by atoms with Crippen LogP contribution in [0.15, 0.2) is 35.3 Å². The first-order valence-corrected chi connectivity index (χ1v) is 7.77. The Bertz CT molecular complexity index is 625. The standard InChI is InChI=1S/C17H21N3O3/c1-3-13(12-7-5-4-6-8-12)17(23)18-10-9-14-19-15(21)11(2)16(22)20-14/h4-8,11,13H,3,9-10H2,1-2H3,(H,18,23)(H,19,20,21,22). The van der Waals surface area contributed by atoms with Crippen molar-refractivity contribution in [2.75, 3.05) is 6.54 Å². The molecule has 0 aliphatic carbocycles. The first-order chi connectivity index (χ1) is 11.0. The maximum absolute atomic E-state index is 12.3. The molecule has 0 fully saturated rings. The van der Waals surface area contributed by atoms with Crippen LogP contribution < -0.4 is 10.6 Å². The van der Waals surface area contributed by atoms with Gasteiger partial charge in [0.2, 0.25) is 11.8 Å². The molecule has 6 nitrogen and oxygen atoms in total. The number of amidine groups is 1. The summed E-state index contributed by atoms with van der Waals surface area (Å²) in [5.74, 6) is -1.49.